The van der Waals surface area contributed by atoms with Gasteiger partial charge in [0, 0.05) is 34.5 Å². The van der Waals surface area contributed by atoms with E-state index in [1.54, 1.807) is 24.5 Å². The van der Waals surface area contributed by atoms with Crippen LogP contribution in [0.5, 0.6) is 0 Å². The molecule has 0 radical (unpaired) electrons. The lowest BCUT2D eigenvalue weighted by atomic mass is 10.1. The van der Waals surface area contributed by atoms with E-state index in [1.807, 2.05) is 6.07 Å². The minimum absolute atomic E-state index is 0.715. The van der Waals surface area contributed by atoms with Crippen LogP contribution in [0, 0.1) is 0 Å². The number of nitrogens with two attached hydrogens (primary N) is 2. The number of benzene rings is 1. The van der Waals surface area contributed by atoms with E-state index in [0.717, 1.165) is 16.5 Å². The van der Waals surface area contributed by atoms with Crippen molar-refractivity contribution in [1.82, 2.24) is 4.98 Å². The van der Waals surface area contributed by atoms with Crippen LogP contribution in [0.1, 0.15) is 0 Å². The standard InChI is InChI=1S/C9H9N3/c10-8-1-2-9(11)7-5-12-4-3-6(7)8/h1-5H,10-11H2. The van der Waals surface area contributed by atoms with Gasteiger partial charge in [-0.25, -0.2) is 0 Å². The smallest absolute Gasteiger partial charge is 0.0410 e. The van der Waals surface area contributed by atoms with E-state index in [2.05, 4.69) is 4.98 Å². The van der Waals surface area contributed by atoms with Crippen LogP contribution in [0.25, 0.3) is 10.8 Å². The third-order valence-corrected chi connectivity index (χ3v) is 1.89. The molecular formula is C9H9N3. The second-order valence-corrected chi connectivity index (χ2v) is 2.67. The number of aromatic nitrogens is 1. The van der Waals surface area contributed by atoms with Gasteiger partial charge in [0.25, 0.3) is 0 Å². The molecule has 2 aromatic rings. The number of anilines is 2. The Kier molecular flexibility index (Phi) is 1.37. The van der Waals surface area contributed by atoms with Gasteiger partial charge in [0.1, 0.15) is 0 Å². The molecule has 3 nitrogen and oxygen atoms in total. The molecule has 0 aliphatic heterocycles. The second-order valence-electron chi connectivity index (χ2n) is 2.67. The van der Waals surface area contributed by atoms with Crippen molar-refractivity contribution in [2.45, 2.75) is 0 Å². The largest absolute Gasteiger partial charge is 0.398 e. The predicted octanol–water partition coefficient (Wildman–Crippen LogP) is 1.40. The molecular weight excluding hydrogens is 150 g/mol. The molecule has 0 aliphatic carbocycles. The van der Waals surface area contributed by atoms with Crippen molar-refractivity contribution >= 4 is 22.1 Å². The molecule has 1 heterocycles. The molecule has 1 aromatic carbocycles. The minimum Gasteiger partial charge on any atom is -0.398 e. The van der Waals surface area contributed by atoms with Crippen LogP contribution < -0.4 is 11.5 Å². The topological polar surface area (TPSA) is 64.9 Å². The first kappa shape index (κ1) is 6.91. The van der Waals surface area contributed by atoms with Gasteiger partial charge in [-0.15, -0.1) is 0 Å². The van der Waals surface area contributed by atoms with Crippen LogP contribution in [0.15, 0.2) is 30.6 Å². The summed E-state index contributed by atoms with van der Waals surface area (Å²) in [5.41, 5.74) is 12.9. The Morgan fingerprint density at radius 3 is 2.25 bits per heavy atom. The molecule has 0 aliphatic rings. The van der Waals surface area contributed by atoms with Gasteiger partial charge >= 0.3 is 0 Å². The number of hydrogen-bond donors (Lipinski definition) is 2. The van der Waals surface area contributed by atoms with Gasteiger partial charge in [0.2, 0.25) is 0 Å². The van der Waals surface area contributed by atoms with Crippen LogP contribution in [-0.4, -0.2) is 4.98 Å². The maximum atomic E-state index is 5.74. The van der Waals surface area contributed by atoms with E-state index in [1.165, 1.54) is 0 Å². The summed E-state index contributed by atoms with van der Waals surface area (Å²) >= 11 is 0. The molecule has 0 atom stereocenters. The zero-order valence-electron chi connectivity index (χ0n) is 6.49. The molecule has 4 N–H and O–H groups in total. The minimum atomic E-state index is 0.715. The summed E-state index contributed by atoms with van der Waals surface area (Å²) < 4.78 is 0. The average Bonchev–Trinajstić information content (AvgIpc) is 2.12. The number of nitrogens with zero attached hydrogens (tertiary/aromatic N) is 1. The number of rotatable bonds is 0. The van der Waals surface area contributed by atoms with Crippen molar-refractivity contribution in [2.24, 2.45) is 0 Å². The fourth-order valence-electron chi connectivity index (χ4n) is 1.24. The Balaban J connectivity index is 2.95. The molecule has 0 unspecified atom stereocenters. The Morgan fingerprint density at radius 2 is 1.58 bits per heavy atom. The number of nitrogen functional groups attached to an aromatic ring is 2. The van der Waals surface area contributed by atoms with Gasteiger partial charge in [-0.1, -0.05) is 0 Å². The van der Waals surface area contributed by atoms with Gasteiger partial charge in [0.05, 0.1) is 0 Å². The summed E-state index contributed by atoms with van der Waals surface area (Å²) in [7, 11) is 0. The lowest BCUT2D eigenvalue weighted by molar-refractivity contribution is 1.36. The van der Waals surface area contributed by atoms with E-state index in [4.69, 9.17) is 11.5 Å². The van der Waals surface area contributed by atoms with Crippen molar-refractivity contribution in [3.8, 4) is 0 Å². The highest BCUT2D eigenvalue weighted by Gasteiger charge is 1.99. The maximum absolute atomic E-state index is 5.74. The Morgan fingerprint density at radius 1 is 0.917 bits per heavy atom. The van der Waals surface area contributed by atoms with Crippen molar-refractivity contribution in [3.63, 3.8) is 0 Å². The quantitative estimate of drug-likeness (QED) is 0.571. The zero-order valence-corrected chi connectivity index (χ0v) is 6.49. The number of fused-ring (bicyclic) bond motifs is 1. The molecule has 60 valence electrons. The van der Waals surface area contributed by atoms with Crippen LogP contribution >= 0.6 is 0 Å². The second kappa shape index (κ2) is 2.37. The van der Waals surface area contributed by atoms with Gasteiger partial charge in [0.15, 0.2) is 0 Å². The normalized spacial score (nSPS) is 10.3. The fourth-order valence-corrected chi connectivity index (χ4v) is 1.24. The third kappa shape index (κ3) is 0.871. The Bertz CT molecular complexity index is 383. The molecule has 0 spiro atoms. The molecule has 0 saturated carbocycles. The van der Waals surface area contributed by atoms with E-state index in [-0.39, 0.29) is 0 Å². The predicted molar refractivity (Wildman–Crippen MR) is 50.6 cm³/mol. The third-order valence-electron chi connectivity index (χ3n) is 1.89. The zero-order chi connectivity index (χ0) is 8.55. The van der Waals surface area contributed by atoms with Crippen molar-refractivity contribution < 1.29 is 0 Å². The van der Waals surface area contributed by atoms with E-state index in [0.29, 0.717) is 5.69 Å². The average molecular weight is 159 g/mol. The molecule has 2 rings (SSSR count). The summed E-state index contributed by atoms with van der Waals surface area (Å²) in [5, 5.41) is 1.88. The lowest BCUT2D eigenvalue weighted by Gasteiger charge is -2.02. The van der Waals surface area contributed by atoms with E-state index < -0.39 is 0 Å². The van der Waals surface area contributed by atoms with Gasteiger partial charge in [-0.2, -0.15) is 0 Å². The maximum Gasteiger partial charge on any atom is 0.0410 e. The SMILES string of the molecule is Nc1ccc(N)c2cnccc12. The summed E-state index contributed by atoms with van der Waals surface area (Å²) in [6.45, 7) is 0. The van der Waals surface area contributed by atoms with Crippen molar-refractivity contribution in [3.05, 3.63) is 30.6 Å². The number of hydrogen-bond acceptors (Lipinski definition) is 3. The summed E-state index contributed by atoms with van der Waals surface area (Å²) in [6.07, 6.45) is 3.43. The van der Waals surface area contributed by atoms with Crippen LogP contribution in [-0.2, 0) is 0 Å². The molecule has 0 fully saturated rings. The Hall–Kier alpha value is -1.77. The van der Waals surface area contributed by atoms with Gasteiger partial charge in [-0.05, 0) is 18.2 Å². The molecule has 0 amide bonds. The summed E-state index contributed by atoms with van der Waals surface area (Å²) in [5.74, 6) is 0. The summed E-state index contributed by atoms with van der Waals surface area (Å²) in [4.78, 5) is 3.98. The highest BCUT2D eigenvalue weighted by Crippen LogP contribution is 2.24. The van der Waals surface area contributed by atoms with Crippen molar-refractivity contribution in [1.29, 1.82) is 0 Å². The molecule has 0 saturated heterocycles. The van der Waals surface area contributed by atoms with Gasteiger partial charge in [-0.3, -0.25) is 4.98 Å². The fraction of sp³-hybridized carbons (Fsp3) is 0. The molecule has 3 heteroatoms. The first-order valence-corrected chi connectivity index (χ1v) is 3.67. The lowest BCUT2D eigenvalue weighted by Crippen LogP contribution is -1.92. The summed E-state index contributed by atoms with van der Waals surface area (Å²) in [6, 6.07) is 5.46. The highest BCUT2D eigenvalue weighted by molar-refractivity contribution is 5.99. The molecule has 12 heavy (non-hydrogen) atoms. The first-order chi connectivity index (χ1) is 5.79. The highest BCUT2D eigenvalue weighted by atomic mass is 14.7. The van der Waals surface area contributed by atoms with Crippen LogP contribution in [0.2, 0.25) is 0 Å². The van der Waals surface area contributed by atoms with Crippen molar-refractivity contribution in [2.75, 3.05) is 11.5 Å². The van der Waals surface area contributed by atoms with E-state index in [9.17, 15) is 0 Å². The van der Waals surface area contributed by atoms with Gasteiger partial charge < -0.3 is 11.5 Å². The van der Waals surface area contributed by atoms with Crippen LogP contribution in [0.4, 0.5) is 11.4 Å². The molecule has 0 bridgehead atoms. The first-order valence-electron chi connectivity index (χ1n) is 3.67. The Labute approximate surface area is 70.0 Å². The van der Waals surface area contributed by atoms with Crippen LogP contribution in [0.3, 0.4) is 0 Å². The van der Waals surface area contributed by atoms with E-state index >= 15 is 0 Å². The number of pyridine rings is 1. The molecule has 1 aromatic heterocycles. The monoisotopic (exact) mass is 159 g/mol.